The van der Waals surface area contributed by atoms with E-state index in [1.54, 1.807) is 0 Å². The lowest BCUT2D eigenvalue weighted by atomic mass is 10.2. The van der Waals surface area contributed by atoms with Crippen LogP contribution in [-0.2, 0) is 0 Å². The number of benzene rings is 1. The number of hydrogen-bond donors (Lipinski definition) is 4. The van der Waals surface area contributed by atoms with Gasteiger partial charge in [0.2, 0.25) is 5.13 Å². The quantitative estimate of drug-likeness (QED) is 0.657. The normalized spacial score (nSPS) is 9.89. The number of nitrogens with one attached hydrogen (secondary N) is 2. The highest BCUT2D eigenvalue weighted by atomic mass is 32.1. The first kappa shape index (κ1) is 12.7. The Morgan fingerprint density at radius 1 is 1.26 bits per heavy atom. The van der Waals surface area contributed by atoms with Crippen molar-refractivity contribution in [1.29, 1.82) is 0 Å². The summed E-state index contributed by atoms with van der Waals surface area (Å²) in [6, 6.07) is 3.04. The molecule has 4 N–H and O–H groups in total. The van der Waals surface area contributed by atoms with E-state index in [1.165, 1.54) is 12.1 Å². The summed E-state index contributed by atoms with van der Waals surface area (Å²) in [7, 11) is 0. The predicted molar refractivity (Wildman–Crippen MR) is 65.4 cm³/mol. The number of carbonyl (C=O) groups is 2. The summed E-state index contributed by atoms with van der Waals surface area (Å²) >= 11 is 0.900. The van der Waals surface area contributed by atoms with Crippen molar-refractivity contribution in [3.8, 4) is 5.75 Å². The van der Waals surface area contributed by atoms with Gasteiger partial charge in [-0.3, -0.25) is 5.32 Å². The Hall–Kier alpha value is -2.75. The number of phenols is 1. The van der Waals surface area contributed by atoms with Crippen LogP contribution >= 0.6 is 11.5 Å². The molecule has 1 aromatic carbocycles. The van der Waals surface area contributed by atoms with E-state index < -0.39 is 17.7 Å². The van der Waals surface area contributed by atoms with Crippen LogP contribution in [0.4, 0.5) is 15.6 Å². The van der Waals surface area contributed by atoms with Crippen LogP contribution in [0.5, 0.6) is 5.75 Å². The molecule has 1 aromatic heterocycles. The van der Waals surface area contributed by atoms with Crippen molar-refractivity contribution in [3.05, 3.63) is 23.8 Å². The van der Waals surface area contributed by atoms with Crippen LogP contribution in [0.25, 0.3) is 0 Å². The monoisotopic (exact) mass is 281 g/mol. The molecule has 2 aromatic rings. The van der Waals surface area contributed by atoms with Crippen molar-refractivity contribution < 1.29 is 19.8 Å². The minimum Gasteiger partial charge on any atom is -0.507 e. The summed E-state index contributed by atoms with van der Waals surface area (Å²) in [5, 5.41) is 30.0. The number of nitrogens with zero attached hydrogens (tertiary/aromatic N) is 3. The molecule has 0 unspecified atom stereocenters. The molecule has 0 fully saturated rings. The first-order valence-corrected chi connectivity index (χ1v) is 5.63. The number of hydrogen-bond acceptors (Lipinski definition) is 7. The molecule has 0 saturated carbocycles. The average Bonchev–Trinajstić information content (AvgIpc) is 2.81. The van der Waals surface area contributed by atoms with E-state index in [9.17, 15) is 14.7 Å². The molecule has 1 heterocycles. The first-order chi connectivity index (χ1) is 9.06. The minimum absolute atomic E-state index is 0.212. The second-order valence-corrected chi connectivity index (χ2v) is 4.02. The van der Waals surface area contributed by atoms with E-state index in [0.717, 1.165) is 17.6 Å². The largest absolute Gasteiger partial charge is 0.507 e. The van der Waals surface area contributed by atoms with Gasteiger partial charge in [-0.2, -0.15) is 0 Å². The number of aromatic carboxylic acids is 1. The lowest BCUT2D eigenvalue weighted by molar-refractivity contribution is 0.0694. The van der Waals surface area contributed by atoms with Crippen LogP contribution in [0.3, 0.4) is 0 Å². The number of anilines is 2. The van der Waals surface area contributed by atoms with Crippen molar-refractivity contribution in [2.45, 2.75) is 0 Å². The van der Waals surface area contributed by atoms with Gasteiger partial charge in [-0.25, -0.2) is 9.59 Å². The summed E-state index contributed by atoms with van der Waals surface area (Å²) < 4.78 is 3.46. The maximum absolute atomic E-state index is 11.5. The van der Waals surface area contributed by atoms with Crippen molar-refractivity contribution in [3.63, 3.8) is 0 Å². The molecule has 0 aliphatic heterocycles. The Morgan fingerprint density at radius 3 is 2.63 bits per heavy atom. The van der Waals surface area contributed by atoms with Crippen LogP contribution in [-0.4, -0.2) is 37.0 Å². The zero-order chi connectivity index (χ0) is 13.8. The van der Waals surface area contributed by atoms with Gasteiger partial charge in [0, 0.05) is 23.3 Å². The molecule has 98 valence electrons. The molecular weight excluding hydrogens is 274 g/mol. The van der Waals surface area contributed by atoms with E-state index in [0.29, 0.717) is 0 Å². The van der Waals surface area contributed by atoms with Gasteiger partial charge in [0.05, 0.1) is 0 Å². The van der Waals surface area contributed by atoms with E-state index in [1.807, 2.05) is 0 Å². The number of urea groups is 1. The summed E-state index contributed by atoms with van der Waals surface area (Å²) in [5.41, 5.74) is -0.0169. The molecule has 19 heavy (non-hydrogen) atoms. The van der Waals surface area contributed by atoms with Crippen molar-refractivity contribution in [1.82, 2.24) is 14.8 Å². The lowest BCUT2D eigenvalue weighted by Crippen LogP contribution is -2.19. The molecule has 2 amide bonds. The van der Waals surface area contributed by atoms with E-state index in [-0.39, 0.29) is 16.4 Å². The Bertz CT molecular complexity index is 615. The van der Waals surface area contributed by atoms with Crippen LogP contribution in [0.1, 0.15) is 10.4 Å². The highest BCUT2D eigenvalue weighted by Crippen LogP contribution is 2.22. The SMILES string of the molecule is O=C(Nc1ccc(C(=O)O)c(O)c1)Nc1nnns1. The van der Waals surface area contributed by atoms with Crippen LogP contribution in [0.2, 0.25) is 0 Å². The Morgan fingerprint density at radius 2 is 2.05 bits per heavy atom. The molecule has 2 rings (SSSR count). The Kier molecular flexibility index (Phi) is 3.52. The zero-order valence-corrected chi connectivity index (χ0v) is 10.0. The zero-order valence-electron chi connectivity index (χ0n) is 9.19. The summed E-state index contributed by atoms with van der Waals surface area (Å²) in [6.07, 6.45) is 0. The molecule has 0 bridgehead atoms. The third-order valence-electron chi connectivity index (χ3n) is 2.01. The van der Waals surface area contributed by atoms with Crippen molar-refractivity contribution >= 4 is 34.4 Å². The maximum Gasteiger partial charge on any atom is 0.339 e. The van der Waals surface area contributed by atoms with Gasteiger partial charge < -0.3 is 15.5 Å². The molecule has 9 nitrogen and oxygen atoms in total. The molecule has 0 aliphatic rings. The smallest absolute Gasteiger partial charge is 0.339 e. The van der Waals surface area contributed by atoms with Gasteiger partial charge in [-0.05, 0) is 17.3 Å². The van der Waals surface area contributed by atoms with Crippen LogP contribution in [0, 0.1) is 0 Å². The minimum atomic E-state index is -1.26. The molecule has 0 aliphatic carbocycles. The average molecular weight is 281 g/mol. The first-order valence-electron chi connectivity index (χ1n) is 4.85. The van der Waals surface area contributed by atoms with Gasteiger partial charge in [-0.15, -0.1) is 0 Å². The predicted octanol–water partition coefficient (Wildman–Crippen LogP) is 0.981. The van der Waals surface area contributed by atoms with Gasteiger partial charge in [-0.1, -0.05) is 9.59 Å². The van der Waals surface area contributed by atoms with Gasteiger partial charge in [0.25, 0.3) is 0 Å². The number of carboxylic acids is 1. The highest BCUT2D eigenvalue weighted by Gasteiger charge is 2.11. The lowest BCUT2D eigenvalue weighted by Gasteiger charge is -2.06. The maximum atomic E-state index is 11.5. The van der Waals surface area contributed by atoms with Gasteiger partial charge in [0.15, 0.2) is 0 Å². The van der Waals surface area contributed by atoms with E-state index >= 15 is 0 Å². The number of carbonyl (C=O) groups excluding carboxylic acids is 1. The molecule has 0 radical (unpaired) electrons. The number of aromatic hydroxyl groups is 1. The van der Waals surface area contributed by atoms with E-state index in [2.05, 4.69) is 25.4 Å². The Balaban J connectivity index is 2.05. The fraction of sp³-hybridized carbons (Fsp3) is 0. The van der Waals surface area contributed by atoms with Crippen molar-refractivity contribution in [2.24, 2.45) is 0 Å². The van der Waals surface area contributed by atoms with E-state index in [4.69, 9.17) is 5.11 Å². The highest BCUT2D eigenvalue weighted by molar-refractivity contribution is 7.09. The third-order valence-corrected chi connectivity index (χ3v) is 2.52. The number of carboxylic acid groups (broad SMARTS) is 1. The summed E-state index contributed by atoms with van der Waals surface area (Å²) in [6.45, 7) is 0. The van der Waals surface area contributed by atoms with Crippen molar-refractivity contribution in [2.75, 3.05) is 10.6 Å². The third kappa shape index (κ3) is 3.13. The topological polar surface area (TPSA) is 137 Å². The second-order valence-electron chi connectivity index (χ2n) is 3.28. The fourth-order valence-corrected chi connectivity index (χ4v) is 1.59. The number of amides is 2. The molecule has 0 saturated heterocycles. The molecule has 10 heteroatoms. The summed E-state index contributed by atoms with van der Waals surface area (Å²) in [5.74, 6) is -1.70. The second kappa shape index (κ2) is 5.27. The van der Waals surface area contributed by atoms with Crippen LogP contribution in [0.15, 0.2) is 18.2 Å². The van der Waals surface area contributed by atoms with Gasteiger partial charge >= 0.3 is 12.0 Å². The van der Waals surface area contributed by atoms with Gasteiger partial charge in [0.1, 0.15) is 11.3 Å². The molecule has 0 spiro atoms. The Labute approximate surface area is 110 Å². The van der Waals surface area contributed by atoms with Crippen LogP contribution < -0.4 is 10.6 Å². The standard InChI is InChI=1S/C9H7N5O4S/c15-6-3-4(1-2-5(6)7(16)17)10-8(18)11-9-12-13-14-19-9/h1-3,15H,(H,16,17)(H2,10,11,12,14,18). The number of rotatable bonds is 3. The number of aromatic nitrogens is 3. The fourth-order valence-electron chi connectivity index (χ4n) is 1.23. The summed E-state index contributed by atoms with van der Waals surface area (Å²) in [4.78, 5) is 22.2. The molecule has 0 atom stereocenters. The molecular formula is C9H7N5O4S.